The number of carbonyl (C=O) groups excluding carboxylic acids is 1. The van der Waals surface area contributed by atoms with Crippen LogP contribution in [0, 0.1) is 46.3 Å². The number of allylic oxidation sites excluding steroid dienone is 1. The summed E-state index contributed by atoms with van der Waals surface area (Å²) in [5, 5.41) is 6.26. The lowest BCUT2D eigenvalue weighted by molar-refractivity contribution is -0.0581. The molecule has 9 heteroatoms. The molecule has 0 bridgehead atoms. The van der Waals surface area contributed by atoms with Crippen LogP contribution in [0.4, 0.5) is 4.79 Å². The molecule has 4 rings (SSSR count). The number of hydrogen-bond acceptors (Lipinski definition) is 6. The quantitative estimate of drug-likeness (QED) is 0.0536. The van der Waals surface area contributed by atoms with Crippen molar-refractivity contribution in [1.29, 1.82) is 0 Å². The first-order valence-corrected chi connectivity index (χ1v) is 18.1. The first-order chi connectivity index (χ1) is 21.7. The van der Waals surface area contributed by atoms with Gasteiger partial charge in [0.05, 0.1) is 39.6 Å². The van der Waals surface area contributed by atoms with E-state index in [1.165, 1.54) is 51.4 Å². The Morgan fingerprint density at radius 1 is 0.978 bits per heavy atom. The molecule has 0 spiro atoms. The maximum atomic E-state index is 12.6. The van der Waals surface area contributed by atoms with Gasteiger partial charge in [-0.05, 0) is 96.8 Å². The molecule has 0 aromatic carbocycles. The van der Waals surface area contributed by atoms with Gasteiger partial charge in [0.1, 0.15) is 6.10 Å². The molecule has 0 heterocycles. The van der Waals surface area contributed by atoms with Gasteiger partial charge in [-0.25, -0.2) is 4.79 Å². The third kappa shape index (κ3) is 9.39. The maximum absolute atomic E-state index is 12.6. The van der Waals surface area contributed by atoms with Crippen LogP contribution < -0.4 is 5.32 Å². The molecule has 256 valence electrons. The Morgan fingerprint density at radius 3 is 2.44 bits per heavy atom. The Hall–Kier alpha value is -1.80. The van der Waals surface area contributed by atoms with E-state index in [2.05, 4.69) is 56.0 Å². The Bertz CT molecular complexity index is 1020. The third-order valence-electron chi connectivity index (χ3n) is 12.2. The molecule has 4 aliphatic carbocycles. The largest absolute Gasteiger partial charge is 0.446 e. The number of alkyl carbamates (subject to hydrolysis) is 1. The van der Waals surface area contributed by atoms with E-state index in [1.807, 2.05) is 0 Å². The molecule has 0 aromatic heterocycles. The number of azide groups is 1. The number of amides is 1. The summed E-state index contributed by atoms with van der Waals surface area (Å²) in [6.45, 7) is 15.8. The van der Waals surface area contributed by atoms with Gasteiger partial charge >= 0.3 is 6.09 Å². The average Bonchev–Trinajstić information content (AvgIpc) is 3.37. The van der Waals surface area contributed by atoms with Crippen molar-refractivity contribution in [3.05, 3.63) is 22.1 Å². The summed E-state index contributed by atoms with van der Waals surface area (Å²) in [6.07, 6.45) is 16.1. The summed E-state index contributed by atoms with van der Waals surface area (Å²) in [7, 11) is 0. The lowest BCUT2D eigenvalue weighted by Crippen LogP contribution is -2.51. The minimum Gasteiger partial charge on any atom is -0.446 e. The molecule has 3 fully saturated rings. The van der Waals surface area contributed by atoms with E-state index in [1.54, 1.807) is 5.57 Å². The van der Waals surface area contributed by atoms with Gasteiger partial charge in [0.15, 0.2) is 0 Å². The van der Waals surface area contributed by atoms with E-state index in [4.69, 9.17) is 24.5 Å². The number of nitrogens with one attached hydrogen (secondary N) is 1. The standard InChI is InChI=1S/C36H62N4O5/c1-26(2)7-6-8-27(3)31-11-12-32-30-10-9-28-25-29(13-15-35(28,4)33(30)14-16-36(31,32)5)45-34(41)38-17-19-42-21-23-44-24-22-43-20-18-39-40-37/h9,26-27,29-33H,6-8,10-25H2,1-5H3,(H,38,41)/t27-,29?,30+,31-,32+,33+,35+,36-/m1/s1. The number of fused-ring (bicyclic) bond motifs is 5. The fourth-order valence-electron chi connectivity index (χ4n) is 9.86. The summed E-state index contributed by atoms with van der Waals surface area (Å²) in [4.78, 5) is 15.2. The summed E-state index contributed by atoms with van der Waals surface area (Å²) >= 11 is 0. The molecule has 8 atom stereocenters. The topological polar surface area (TPSA) is 115 Å². The fourth-order valence-corrected chi connectivity index (χ4v) is 9.86. The second kappa shape index (κ2) is 17.4. The first kappa shape index (κ1) is 36.0. The molecule has 1 amide bonds. The van der Waals surface area contributed by atoms with Crippen LogP contribution in [0.1, 0.15) is 105 Å². The van der Waals surface area contributed by atoms with Crippen LogP contribution in [0.5, 0.6) is 0 Å². The second-order valence-electron chi connectivity index (χ2n) is 15.3. The number of ether oxygens (including phenoxy) is 4. The van der Waals surface area contributed by atoms with Crippen molar-refractivity contribution in [2.24, 2.45) is 51.5 Å². The summed E-state index contributed by atoms with van der Waals surface area (Å²) in [6, 6.07) is 0. The van der Waals surface area contributed by atoms with Crippen LogP contribution in [-0.4, -0.2) is 64.9 Å². The number of rotatable bonds is 18. The van der Waals surface area contributed by atoms with Crippen LogP contribution in [0.2, 0.25) is 0 Å². The van der Waals surface area contributed by atoms with E-state index in [0.29, 0.717) is 58.1 Å². The SMILES string of the molecule is CC(C)CCC[C@@H](C)[C@H]1CC[C@H]2[C@@H]3CC=C4CC(OC(=O)NCCOCCOCCOCCN=[N+]=[N-])CC[C@]4(C)[C@H]3CC[C@]12C. The van der Waals surface area contributed by atoms with Gasteiger partial charge in [0, 0.05) is 24.4 Å². The highest BCUT2D eigenvalue weighted by Crippen LogP contribution is 2.67. The molecule has 45 heavy (non-hydrogen) atoms. The molecular formula is C36H62N4O5. The van der Waals surface area contributed by atoms with Crippen LogP contribution in [0.15, 0.2) is 16.8 Å². The Balaban J connectivity index is 1.15. The molecule has 9 nitrogen and oxygen atoms in total. The highest BCUT2D eigenvalue weighted by Gasteiger charge is 2.59. The van der Waals surface area contributed by atoms with Crippen LogP contribution in [0.3, 0.4) is 0 Å². The molecule has 0 saturated heterocycles. The molecule has 1 N–H and O–H groups in total. The van der Waals surface area contributed by atoms with Gasteiger partial charge in [-0.2, -0.15) is 0 Å². The van der Waals surface area contributed by atoms with E-state index >= 15 is 0 Å². The van der Waals surface area contributed by atoms with Crippen molar-refractivity contribution in [2.45, 2.75) is 111 Å². The lowest BCUT2D eigenvalue weighted by Gasteiger charge is -2.58. The zero-order valence-corrected chi connectivity index (χ0v) is 28.9. The van der Waals surface area contributed by atoms with Crippen molar-refractivity contribution < 1.29 is 23.7 Å². The molecule has 3 saturated carbocycles. The summed E-state index contributed by atoms with van der Waals surface area (Å²) in [5.74, 6) is 5.02. The molecular weight excluding hydrogens is 568 g/mol. The van der Waals surface area contributed by atoms with Crippen molar-refractivity contribution >= 4 is 6.09 Å². The third-order valence-corrected chi connectivity index (χ3v) is 12.2. The Morgan fingerprint density at radius 2 is 1.71 bits per heavy atom. The molecule has 0 radical (unpaired) electrons. The minimum atomic E-state index is -0.344. The zero-order chi connectivity index (χ0) is 32.3. The van der Waals surface area contributed by atoms with Crippen molar-refractivity contribution in [3.63, 3.8) is 0 Å². The highest BCUT2D eigenvalue weighted by atomic mass is 16.6. The molecule has 0 aromatic rings. The van der Waals surface area contributed by atoms with E-state index in [-0.39, 0.29) is 17.6 Å². The number of hydrogen-bond donors (Lipinski definition) is 1. The van der Waals surface area contributed by atoms with E-state index in [9.17, 15) is 4.79 Å². The van der Waals surface area contributed by atoms with E-state index in [0.717, 1.165) is 54.8 Å². The van der Waals surface area contributed by atoms with Crippen LogP contribution in [0.25, 0.3) is 10.4 Å². The minimum absolute atomic E-state index is 0.0412. The predicted molar refractivity (Wildman–Crippen MR) is 178 cm³/mol. The first-order valence-electron chi connectivity index (χ1n) is 18.1. The fraction of sp³-hybridized carbons (Fsp3) is 0.917. The van der Waals surface area contributed by atoms with Crippen LogP contribution in [-0.2, 0) is 18.9 Å². The van der Waals surface area contributed by atoms with Crippen molar-refractivity contribution in [1.82, 2.24) is 5.32 Å². The maximum Gasteiger partial charge on any atom is 0.407 e. The zero-order valence-electron chi connectivity index (χ0n) is 28.9. The van der Waals surface area contributed by atoms with E-state index < -0.39 is 0 Å². The Labute approximate surface area is 272 Å². The second-order valence-corrected chi connectivity index (χ2v) is 15.3. The monoisotopic (exact) mass is 630 g/mol. The van der Waals surface area contributed by atoms with Gasteiger partial charge in [-0.1, -0.05) is 70.6 Å². The Kier molecular flexibility index (Phi) is 13.9. The normalized spacial score (nSPS) is 32.9. The predicted octanol–water partition coefficient (Wildman–Crippen LogP) is 8.48. The van der Waals surface area contributed by atoms with Gasteiger partial charge in [-0.3, -0.25) is 0 Å². The lowest BCUT2D eigenvalue weighted by atomic mass is 9.47. The highest BCUT2D eigenvalue weighted by molar-refractivity contribution is 5.67. The van der Waals surface area contributed by atoms with Gasteiger partial charge < -0.3 is 24.3 Å². The molecule has 0 aliphatic heterocycles. The number of nitrogens with zero attached hydrogens (tertiary/aromatic N) is 3. The van der Waals surface area contributed by atoms with Crippen molar-refractivity contribution in [3.8, 4) is 0 Å². The van der Waals surface area contributed by atoms with Gasteiger partial charge in [-0.15, -0.1) is 0 Å². The van der Waals surface area contributed by atoms with Crippen molar-refractivity contribution in [2.75, 3.05) is 52.7 Å². The number of carbonyl (C=O) groups is 1. The summed E-state index contributed by atoms with van der Waals surface area (Å²) < 4.78 is 22.2. The van der Waals surface area contributed by atoms with Crippen LogP contribution >= 0.6 is 0 Å². The molecule has 4 aliphatic rings. The van der Waals surface area contributed by atoms with Gasteiger partial charge in [0.25, 0.3) is 0 Å². The smallest absolute Gasteiger partial charge is 0.407 e. The molecule has 1 unspecified atom stereocenters. The summed E-state index contributed by atoms with van der Waals surface area (Å²) in [5.41, 5.74) is 10.5. The average molecular weight is 631 g/mol. The van der Waals surface area contributed by atoms with Gasteiger partial charge in [0.2, 0.25) is 0 Å².